The van der Waals surface area contributed by atoms with E-state index in [2.05, 4.69) is 22.1 Å². The number of rotatable bonds is 3. The summed E-state index contributed by atoms with van der Waals surface area (Å²) in [5.74, 6) is 6.17. The minimum Gasteiger partial charge on any atom is -0.465 e. The van der Waals surface area contributed by atoms with E-state index in [1.54, 1.807) is 0 Å². The van der Waals surface area contributed by atoms with Crippen LogP contribution in [0.2, 0.25) is 0 Å². The molecule has 1 heterocycles. The Morgan fingerprint density at radius 1 is 1.29 bits per heavy atom. The number of nitrogens with zero attached hydrogens (tertiary/aromatic N) is 1. The average molecular weight is 238 g/mol. The molecule has 96 valence electrons. The highest BCUT2D eigenvalue weighted by Gasteiger charge is 2.06. The fraction of sp³-hybridized carbons (Fsp3) is 0.769. The molecule has 1 fully saturated rings. The van der Waals surface area contributed by atoms with Crippen LogP contribution in [-0.2, 0) is 0 Å². The quantitative estimate of drug-likeness (QED) is 0.738. The summed E-state index contributed by atoms with van der Waals surface area (Å²) in [5.41, 5.74) is 0. The Morgan fingerprint density at radius 2 is 1.94 bits per heavy atom. The van der Waals surface area contributed by atoms with Gasteiger partial charge in [0, 0.05) is 12.5 Å². The summed E-state index contributed by atoms with van der Waals surface area (Å²) in [6.45, 7) is 4.95. The van der Waals surface area contributed by atoms with Crippen LogP contribution in [0.25, 0.3) is 0 Å². The van der Waals surface area contributed by atoms with Gasteiger partial charge in [0.15, 0.2) is 0 Å². The van der Waals surface area contributed by atoms with Crippen molar-refractivity contribution in [2.24, 2.45) is 0 Å². The molecule has 2 N–H and O–H groups in total. The van der Waals surface area contributed by atoms with Gasteiger partial charge in [0.25, 0.3) is 0 Å². The van der Waals surface area contributed by atoms with Crippen LogP contribution in [0.4, 0.5) is 4.79 Å². The fourth-order valence-corrected chi connectivity index (χ4v) is 1.95. The number of hydrogen-bond donors (Lipinski definition) is 2. The van der Waals surface area contributed by atoms with E-state index in [1.807, 2.05) is 6.92 Å². The molecular formula is C13H22N2O2. The Kier molecular flexibility index (Phi) is 6.49. The molecule has 1 unspecified atom stereocenters. The largest absolute Gasteiger partial charge is 0.465 e. The molecule has 1 aliphatic heterocycles. The molecule has 0 aromatic rings. The van der Waals surface area contributed by atoms with Crippen LogP contribution in [0.15, 0.2) is 0 Å². The third-order valence-corrected chi connectivity index (χ3v) is 2.90. The van der Waals surface area contributed by atoms with Gasteiger partial charge in [-0.25, -0.2) is 4.79 Å². The van der Waals surface area contributed by atoms with Gasteiger partial charge in [-0.3, -0.25) is 4.90 Å². The molecule has 1 atom stereocenters. The summed E-state index contributed by atoms with van der Waals surface area (Å²) < 4.78 is 0. The van der Waals surface area contributed by atoms with Crippen molar-refractivity contribution >= 4 is 6.09 Å². The van der Waals surface area contributed by atoms with Crippen molar-refractivity contribution in [1.29, 1.82) is 0 Å². The van der Waals surface area contributed by atoms with Crippen LogP contribution in [-0.4, -0.2) is 41.8 Å². The van der Waals surface area contributed by atoms with Crippen molar-refractivity contribution in [3.8, 4) is 11.8 Å². The zero-order valence-corrected chi connectivity index (χ0v) is 10.5. The predicted molar refractivity (Wildman–Crippen MR) is 67.9 cm³/mol. The third kappa shape index (κ3) is 6.85. The number of amides is 1. The summed E-state index contributed by atoms with van der Waals surface area (Å²) >= 11 is 0. The fourth-order valence-electron chi connectivity index (χ4n) is 1.95. The van der Waals surface area contributed by atoms with E-state index in [0.717, 1.165) is 19.6 Å². The monoisotopic (exact) mass is 238 g/mol. The molecule has 0 aromatic carbocycles. The van der Waals surface area contributed by atoms with E-state index in [4.69, 9.17) is 5.11 Å². The Labute approximate surface area is 103 Å². The second-order valence-electron chi connectivity index (χ2n) is 4.60. The van der Waals surface area contributed by atoms with Gasteiger partial charge in [-0.2, -0.15) is 0 Å². The maximum absolute atomic E-state index is 10.4. The van der Waals surface area contributed by atoms with Crippen LogP contribution < -0.4 is 5.32 Å². The van der Waals surface area contributed by atoms with E-state index in [0.29, 0.717) is 6.42 Å². The zero-order chi connectivity index (χ0) is 12.5. The molecule has 0 saturated carbocycles. The highest BCUT2D eigenvalue weighted by Crippen LogP contribution is 2.08. The minimum absolute atomic E-state index is 0.0934. The predicted octanol–water partition coefficient (Wildman–Crippen LogP) is 1.91. The Morgan fingerprint density at radius 3 is 2.53 bits per heavy atom. The molecular weight excluding hydrogens is 216 g/mol. The van der Waals surface area contributed by atoms with Crippen LogP contribution in [0.5, 0.6) is 0 Å². The molecule has 17 heavy (non-hydrogen) atoms. The van der Waals surface area contributed by atoms with Crippen molar-refractivity contribution < 1.29 is 9.90 Å². The summed E-state index contributed by atoms with van der Waals surface area (Å²) in [5, 5.41) is 10.9. The highest BCUT2D eigenvalue weighted by atomic mass is 16.4. The topological polar surface area (TPSA) is 52.6 Å². The summed E-state index contributed by atoms with van der Waals surface area (Å²) in [6, 6.07) is -0.0934. The molecule has 1 rings (SSSR count). The van der Waals surface area contributed by atoms with Crippen LogP contribution in [0, 0.1) is 11.8 Å². The minimum atomic E-state index is -0.980. The molecule has 0 radical (unpaired) electrons. The van der Waals surface area contributed by atoms with Gasteiger partial charge in [-0.15, -0.1) is 0 Å². The zero-order valence-electron chi connectivity index (χ0n) is 10.5. The second kappa shape index (κ2) is 7.97. The van der Waals surface area contributed by atoms with Gasteiger partial charge in [-0.1, -0.05) is 24.7 Å². The maximum atomic E-state index is 10.4. The van der Waals surface area contributed by atoms with Gasteiger partial charge >= 0.3 is 6.09 Å². The molecule has 1 amide bonds. The van der Waals surface area contributed by atoms with Crippen LogP contribution >= 0.6 is 0 Å². The second-order valence-corrected chi connectivity index (χ2v) is 4.60. The van der Waals surface area contributed by atoms with Crippen molar-refractivity contribution in [3.05, 3.63) is 0 Å². The summed E-state index contributed by atoms with van der Waals surface area (Å²) in [7, 11) is 0. The van der Waals surface area contributed by atoms with Crippen LogP contribution in [0.3, 0.4) is 0 Å². The molecule has 0 spiro atoms. The average Bonchev–Trinajstić information content (AvgIpc) is 2.52. The van der Waals surface area contributed by atoms with Gasteiger partial charge < -0.3 is 10.4 Å². The molecule has 1 saturated heterocycles. The first-order valence-electron chi connectivity index (χ1n) is 6.36. The van der Waals surface area contributed by atoms with Gasteiger partial charge in [0.1, 0.15) is 0 Å². The Balaban J connectivity index is 2.18. The number of carbonyl (C=O) groups is 1. The standard InChI is InChI=1S/C13H22N2O2/c1-12(14-13(16)17)8-4-7-11-15-9-5-2-3-6-10-15/h12,14H,2-3,5-6,8-11H2,1H3,(H,16,17). The van der Waals surface area contributed by atoms with Crippen LogP contribution in [0.1, 0.15) is 39.0 Å². The summed E-state index contributed by atoms with van der Waals surface area (Å²) in [4.78, 5) is 12.7. The van der Waals surface area contributed by atoms with Crippen molar-refractivity contribution in [2.45, 2.75) is 45.1 Å². The lowest BCUT2D eigenvalue weighted by molar-refractivity contribution is 0.191. The van der Waals surface area contributed by atoms with Gasteiger partial charge in [0.2, 0.25) is 0 Å². The molecule has 0 aromatic heterocycles. The summed E-state index contributed by atoms with van der Waals surface area (Å²) in [6.07, 6.45) is 4.83. The lowest BCUT2D eigenvalue weighted by atomic mass is 10.2. The van der Waals surface area contributed by atoms with Crippen molar-refractivity contribution in [2.75, 3.05) is 19.6 Å². The Hall–Kier alpha value is -1.21. The smallest absolute Gasteiger partial charge is 0.404 e. The number of likely N-dealkylation sites (tertiary alicyclic amines) is 1. The van der Waals surface area contributed by atoms with E-state index in [9.17, 15) is 4.79 Å². The van der Waals surface area contributed by atoms with Gasteiger partial charge in [-0.05, 0) is 32.9 Å². The van der Waals surface area contributed by atoms with Gasteiger partial charge in [0.05, 0.1) is 6.54 Å². The van der Waals surface area contributed by atoms with E-state index < -0.39 is 6.09 Å². The van der Waals surface area contributed by atoms with Crippen molar-refractivity contribution in [3.63, 3.8) is 0 Å². The normalized spacial score (nSPS) is 18.6. The molecule has 0 aliphatic carbocycles. The lowest BCUT2D eigenvalue weighted by Gasteiger charge is -2.15. The van der Waals surface area contributed by atoms with E-state index >= 15 is 0 Å². The van der Waals surface area contributed by atoms with Crippen molar-refractivity contribution in [1.82, 2.24) is 10.2 Å². The molecule has 4 heteroatoms. The number of hydrogen-bond acceptors (Lipinski definition) is 2. The SMILES string of the molecule is CC(CC#CCN1CCCCCC1)NC(=O)O. The molecule has 1 aliphatic rings. The lowest BCUT2D eigenvalue weighted by Crippen LogP contribution is -2.30. The first kappa shape index (κ1) is 13.9. The Bertz CT molecular complexity index is 286. The molecule has 0 bridgehead atoms. The number of carboxylic acid groups (broad SMARTS) is 1. The third-order valence-electron chi connectivity index (χ3n) is 2.90. The number of nitrogens with one attached hydrogen (secondary N) is 1. The molecule has 4 nitrogen and oxygen atoms in total. The first-order chi connectivity index (χ1) is 8.18. The maximum Gasteiger partial charge on any atom is 0.404 e. The highest BCUT2D eigenvalue weighted by molar-refractivity contribution is 5.64. The van der Waals surface area contributed by atoms with E-state index in [1.165, 1.54) is 25.7 Å². The van der Waals surface area contributed by atoms with E-state index in [-0.39, 0.29) is 6.04 Å². The first-order valence-corrected chi connectivity index (χ1v) is 6.36.